The van der Waals surface area contributed by atoms with Crippen LogP contribution in [0.3, 0.4) is 0 Å². The topological polar surface area (TPSA) is 72.3 Å². The molecule has 3 aromatic heterocycles. The van der Waals surface area contributed by atoms with Gasteiger partial charge in [0.15, 0.2) is 0 Å². The molecule has 4 rings (SSSR count). The Morgan fingerprint density at radius 3 is 2.80 bits per heavy atom. The highest BCUT2D eigenvalue weighted by atomic mass is 15.3. The standard InChI is InChI=1S/C19H18N6/c1-14-4-2-3-5-15(14)7-9-25-12-19(21-13-25)17-10-16(6-8-20-17)18-11-22-24-23-18/h2-6,8,10-13H,7,9H2,1H3,(H,22,23,24). The van der Waals surface area contributed by atoms with Crippen molar-refractivity contribution in [1.29, 1.82) is 0 Å². The largest absolute Gasteiger partial charge is 0.336 e. The van der Waals surface area contributed by atoms with Gasteiger partial charge in [-0.25, -0.2) is 4.98 Å². The minimum Gasteiger partial charge on any atom is -0.336 e. The quantitative estimate of drug-likeness (QED) is 0.609. The predicted octanol–water partition coefficient (Wildman–Crippen LogP) is 3.28. The second-order valence-electron chi connectivity index (χ2n) is 5.96. The van der Waals surface area contributed by atoms with Crippen LogP contribution in [0.1, 0.15) is 11.1 Å². The van der Waals surface area contributed by atoms with Crippen molar-refractivity contribution in [2.75, 3.05) is 0 Å². The molecule has 0 atom stereocenters. The number of aromatic amines is 1. The van der Waals surface area contributed by atoms with Crippen molar-refractivity contribution in [3.05, 3.63) is 72.4 Å². The summed E-state index contributed by atoms with van der Waals surface area (Å²) in [7, 11) is 0. The van der Waals surface area contributed by atoms with E-state index in [2.05, 4.69) is 61.1 Å². The number of H-pyrrole nitrogens is 1. The molecule has 1 N–H and O–H groups in total. The van der Waals surface area contributed by atoms with Crippen molar-refractivity contribution in [3.63, 3.8) is 0 Å². The maximum atomic E-state index is 4.50. The third kappa shape index (κ3) is 3.33. The molecule has 0 bridgehead atoms. The minimum atomic E-state index is 0.794. The minimum absolute atomic E-state index is 0.794. The Labute approximate surface area is 145 Å². The Morgan fingerprint density at radius 2 is 1.96 bits per heavy atom. The normalized spacial score (nSPS) is 10.9. The third-order valence-electron chi connectivity index (χ3n) is 4.27. The fourth-order valence-electron chi connectivity index (χ4n) is 2.83. The second kappa shape index (κ2) is 6.68. The number of aryl methyl sites for hydroxylation is 3. The predicted molar refractivity (Wildman–Crippen MR) is 95.7 cm³/mol. The molecule has 0 amide bonds. The van der Waals surface area contributed by atoms with Crippen LogP contribution in [-0.4, -0.2) is 29.9 Å². The molecule has 0 radical (unpaired) electrons. The average molecular weight is 330 g/mol. The van der Waals surface area contributed by atoms with Crippen molar-refractivity contribution >= 4 is 0 Å². The van der Waals surface area contributed by atoms with Gasteiger partial charge in [0.25, 0.3) is 0 Å². The zero-order valence-electron chi connectivity index (χ0n) is 13.9. The highest BCUT2D eigenvalue weighted by Gasteiger charge is 2.08. The van der Waals surface area contributed by atoms with Gasteiger partial charge in [-0.3, -0.25) is 10.1 Å². The molecule has 0 unspecified atom stereocenters. The maximum Gasteiger partial charge on any atom is 0.112 e. The molecule has 124 valence electrons. The van der Waals surface area contributed by atoms with Crippen LogP contribution in [0.15, 0.2) is 61.3 Å². The molecule has 4 aromatic rings. The molecule has 0 fully saturated rings. The monoisotopic (exact) mass is 330 g/mol. The van der Waals surface area contributed by atoms with Crippen LogP contribution in [0.4, 0.5) is 0 Å². The molecule has 0 spiro atoms. The summed E-state index contributed by atoms with van der Waals surface area (Å²) < 4.78 is 2.10. The summed E-state index contributed by atoms with van der Waals surface area (Å²) >= 11 is 0. The van der Waals surface area contributed by atoms with Gasteiger partial charge >= 0.3 is 0 Å². The zero-order valence-corrected chi connectivity index (χ0v) is 13.9. The molecule has 0 aliphatic rings. The number of hydrogen-bond acceptors (Lipinski definition) is 4. The Bertz CT molecular complexity index is 971. The van der Waals surface area contributed by atoms with Crippen molar-refractivity contribution in [3.8, 4) is 22.6 Å². The number of imidazole rings is 1. The number of benzene rings is 1. The Balaban J connectivity index is 1.52. The van der Waals surface area contributed by atoms with E-state index >= 15 is 0 Å². The average Bonchev–Trinajstić information content (AvgIpc) is 3.33. The summed E-state index contributed by atoms with van der Waals surface area (Å²) in [6.45, 7) is 3.04. The van der Waals surface area contributed by atoms with Gasteiger partial charge in [-0.2, -0.15) is 0 Å². The van der Waals surface area contributed by atoms with E-state index in [0.29, 0.717) is 0 Å². The fourth-order valence-corrected chi connectivity index (χ4v) is 2.83. The fraction of sp³-hybridized carbons (Fsp3) is 0.158. The van der Waals surface area contributed by atoms with Crippen LogP contribution >= 0.6 is 0 Å². The van der Waals surface area contributed by atoms with Gasteiger partial charge < -0.3 is 4.57 Å². The van der Waals surface area contributed by atoms with Gasteiger partial charge in [-0.15, -0.1) is 5.10 Å². The zero-order chi connectivity index (χ0) is 17.1. The first-order valence-corrected chi connectivity index (χ1v) is 8.19. The van der Waals surface area contributed by atoms with Gasteiger partial charge in [0.05, 0.1) is 12.0 Å². The van der Waals surface area contributed by atoms with Crippen LogP contribution in [0.5, 0.6) is 0 Å². The Hall–Kier alpha value is -3.28. The van der Waals surface area contributed by atoms with Gasteiger partial charge in [-0.1, -0.05) is 29.5 Å². The lowest BCUT2D eigenvalue weighted by molar-refractivity contribution is 0.694. The third-order valence-corrected chi connectivity index (χ3v) is 4.27. The summed E-state index contributed by atoms with van der Waals surface area (Å²) in [5.41, 5.74) is 6.13. The van der Waals surface area contributed by atoms with Crippen molar-refractivity contribution in [2.45, 2.75) is 19.9 Å². The number of pyridine rings is 1. The SMILES string of the molecule is Cc1ccccc1CCn1cnc(-c2cc(-c3c[nH]nn3)ccn2)c1. The molecule has 25 heavy (non-hydrogen) atoms. The highest BCUT2D eigenvalue weighted by molar-refractivity contribution is 5.65. The summed E-state index contributed by atoms with van der Waals surface area (Å²) in [4.78, 5) is 8.93. The van der Waals surface area contributed by atoms with E-state index in [1.165, 1.54) is 11.1 Å². The lowest BCUT2D eigenvalue weighted by Crippen LogP contribution is -1.99. The van der Waals surface area contributed by atoms with Crippen molar-refractivity contribution in [1.82, 2.24) is 29.9 Å². The van der Waals surface area contributed by atoms with E-state index in [4.69, 9.17) is 0 Å². The van der Waals surface area contributed by atoms with Crippen molar-refractivity contribution < 1.29 is 0 Å². The van der Waals surface area contributed by atoms with Crippen molar-refractivity contribution in [2.24, 2.45) is 0 Å². The summed E-state index contributed by atoms with van der Waals surface area (Å²) in [5.74, 6) is 0. The van der Waals surface area contributed by atoms with Crippen LogP contribution in [-0.2, 0) is 13.0 Å². The van der Waals surface area contributed by atoms with Crippen LogP contribution in [0, 0.1) is 6.92 Å². The number of nitrogens with zero attached hydrogens (tertiary/aromatic N) is 5. The molecule has 1 aromatic carbocycles. The van der Waals surface area contributed by atoms with E-state index in [-0.39, 0.29) is 0 Å². The molecule has 3 heterocycles. The molecule has 0 saturated heterocycles. The first kappa shape index (κ1) is 15.3. The van der Waals surface area contributed by atoms with E-state index in [0.717, 1.165) is 35.6 Å². The van der Waals surface area contributed by atoms with Gasteiger partial charge in [0.2, 0.25) is 0 Å². The Morgan fingerprint density at radius 1 is 1.04 bits per heavy atom. The smallest absolute Gasteiger partial charge is 0.112 e. The van der Waals surface area contributed by atoms with E-state index in [9.17, 15) is 0 Å². The van der Waals surface area contributed by atoms with Crippen LogP contribution in [0.25, 0.3) is 22.6 Å². The van der Waals surface area contributed by atoms with E-state index in [1.807, 2.05) is 24.7 Å². The van der Waals surface area contributed by atoms with Gasteiger partial charge in [0, 0.05) is 30.7 Å². The van der Waals surface area contributed by atoms with Gasteiger partial charge in [-0.05, 0) is 36.6 Å². The number of hydrogen-bond donors (Lipinski definition) is 1. The van der Waals surface area contributed by atoms with Gasteiger partial charge in [0.1, 0.15) is 11.4 Å². The summed E-state index contributed by atoms with van der Waals surface area (Å²) in [6, 6.07) is 12.4. The lowest BCUT2D eigenvalue weighted by Gasteiger charge is -2.05. The van der Waals surface area contributed by atoms with E-state index in [1.54, 1.807) is 12.4 Å². The molecule has 0 saturated carbocycles. The summed E-state index contributed by atoms with van der Waals surface area (Å²) in [5, 5.41) is 10.5. The second-order valence-corrected chi connectivity index (χ2v) is 5.96. The molecule has 0 aliphatic carbocycles. The molecular weight excluding hydrogens is 312 g/mol. The maximum absolute atomic E-state index is 4.50. The Kier molecular flexibility index (Phi) is 4.08. The lowest BCUT2D eigenvalue weighted by atomic mass is 10.1. The first-order valence-electron chi connectivity index (χ1n) is 8.19. The first-order chi connectivity index (χ1) is 12.3. The molecular formula is C19H18N6. The summed E-state index contributed by atoms with van der Waals surface area (Å²) in [6.07, 6.45) is 8.41. The number of aromatic nitrogens is 6. The highest BCUT2D eigenvalue weighted by Crippen LogP contribution is 2.21. The van der Waals surface area contributed by atoms with Crippen LogP contribution < -0.4 is 0 Å². The van der Waals surface area contributed by atoms with E-state index < -0.39 is 0 Å². The number of rotatable bonds is 5. The molecule has 6 nitrogen and oxygen atoms in total. The van der Waals surface area contributed by atoms with Crippen LogP contribution in [0.2, 0.25) is 0 Å². The molecule has 6 heteroatoms. The number of nitrogens with one attached hydrogen (secondary N) is 1. The molecule has 0 aliphatic heterocycles.